The van der Waals surface area contributed by atoms with E-state index in [1.54, 1.807) is 0 Å². The maximum absolute atomic E-state index is 12.6. The van der Waals surface area contributed by atoms with Crippen LogP contribution in [0.2, 0.25) is 0 Å². The minimum Gasteiger partial charge on any atom is -0.806 e. The molecule has 0 amide bonds. The van der Waals surface area contributed by atoms with Gasteiger partial charge in [-0.3, -0.25) is 0 Å². The molecule has 0 N–H and O–H groups in total. The first-order chi connectivity index (χ1) is 7.94. The Bertz CT molecular complexity index is 397. The van der Waals surface area contributed by atoms with Crippen molar-refractivity contribution in [2.24, 2.45) is 0 Å². The van der Waals surface area contributed by atoms with Crippen molar-refractivity contribution in [1.29, 1.82) is 0 Å². The molecule has 0 fully saturated rings. The molecule has 0 radical (unpaired) electrons. The van der Waals surface area contributed by atoms with E-state index in [9.17, 15) is 53.9 Å². The summed E-state index contributed by atoms with van der Waals surface area (Å²) in [5.41, 5.74) is -7.03. The summed E-state index contributed by atoms with van der Waals surface area (Å²) in [6, 6.07) is 0. The number of hydrogen-bond acceptors (Lipinski definition) is 3. The van der Waals surface area contributed by atoms with Crippen LogP contribution >= 0.6 is 7.60 Å². The Kier molecular flexibility index (Phi) is 9.91. The van der Waals surface area contributed by atoms with Crippen molar-refractivity contribution in [1.82, 2.24) is 0 Å². The quantitative estimate of drug-likeness (QED) is 0.279. The van der Waals surface area contributed by atoms with Crippen LogP contribution in [0.4, 0.5) is 39.5 Å². The van der Waals surface area contributed by atoms with Crippen molar-refractivity contribution in [3.8, 4) is 0 Å². The van der Waals surface area contributed by atoms with E-state index < -0.39 is 37.2 Å². The maximum atomic E-state index is 12.6. The fourth-order valence-corrected chi connectivity index (χ4v) is 1.30. The number of halogens is 9. The molecule has 0 rings (SSSR count). The van der Waals surface area contributed by atoms with Crippen LogP contribution in [0.15, 0.2) is 0 Å². The monoisotopic (exact) mass is 372 g/mol. The van der Waals surface area contributed by atoms with Crippen molar-refractivity contribution in [2.45, 2.75) is 36.5 Å². The first-order valence-corrected chi connectivity index (χ1v) is 5.66. The molecule has 116 valence electrons. The van der Waals surface area contributed by atoms with Crippen molar-refractivity contribution in [3.05, 3.63) is 0 Å². The summed E-state index contributed by atoms with van der Waals surface area (Å²) in [4.78, 5) is 19.6. The normalized spacial score (nSPS) is 15.8. The van der Waals surface area contributed by atoms with Gasteiger partial charge in [0.25, 0.3) is 0 Å². The van der Waals surface area contributed by atoms with E-state index in [0.29, 0.717) is 0 Å². The SMILES string of the molecule is CC(F)C(F)(F)C(F)(F)C(F)(F)C(F)(F)P(=O)([O-])[O-].[Na+].[Na+]. The minimum atomic E-state index is -7.71. The molecule has 0 aromatic rings. The third kappa shape index (κ3) is 4.33. The van der Waals surface area contributed by atoms with Gasteiger partial charge in [0.05, 0.1) is 0 Å². The Hall–Kier alpha value is 1.52. The first kappa shape index (κ1) is 27.4. The van der Waals surface area contributed by atoms with E-state index in [2.05, 4.69) is 0 Å². The van der Waals surface area contributed by atoms with Crippen LogP contribution in [0.1, 0.15) is 6.92 Å². The summed E-state index contributed by atoms with van der Waals surface area (Å²) in [5.74, 6) is -20.7. The fourth-order valence-electron chi connectivity index (χ4n) is 0.820. The molecule has 0 saturated heterocycles. The fraction of sp³-hybridized carbons (Fsp3) is 1.00. The molecular formula is C6H4F9Na2O3P. The van der Waals surface area contributed by atoms with E-state index in [-0.39, 0.29) is 66.0 Å². The van der Waals surface area contributed by atoms with Gasteiger partial charge in [-0.2, -0.15) is 35.1 Å². The van der Waals surface area contributed by atoms with Gasteiger partial charge in [0.1, 0.15) is 0 Å². The molecule has 1 atom stereocenters. The van der Waals surface area contributed by atoms with Gasteiger partial charge < -0.3 is 14.4 Å². The Labute approximate surface area is 156 Å². The Balaban J connectivity index is -0.00000162. The summed E-state index contributed by atoms with van der Waals surface area (Å²) in [5, 5.41) is 0. The largest absolute Gasteiger partial charge is 1.00 e. The predicted octanol–water partition coefficient (Wildman–Crippen LogP) is -4.24. The smallest absolute Gasteiger partial charge is 0.806 e. The van der Waals surface area contributed by atoms with Crippen LogP contribution in [0, 0.1) is 0 Å². The van der Waals surface area contributed by atoms with Gasteiger partial charge in [-0.25, -0.2) is 4.39 Å². The van der Waals surface area contributed by atoms with E-state index in [0.717, 1.165) is 0 Å². The summed E-state index contributed by atoms with van der Waals surface area (Å²) >= 11 is 0. The molecule has 0 bridgehead atoms. The molecule has 15 heteroatoms. The van der Waals surface area contributed by atoms with Crippen LogP contribution in [0.25, 0.3) is 0 Å². The zero-order valence-electron chi connectivity index (χ0n) is 10.7. The molecule has 0 aromatic heterocycles. The molecule has 0 aliphatic rings. The molecule has 0 aliphatic heterocycles. The van der Waals surface area contributed by atoms with E-state index in [1.807, 2.05) is 0 Å². The molecule has 0 aliphatic carbocycles. The topological polar surface area (TPSA) is 63.2 Å². The average molecular weight is 372 g/mol. The molecular weight excluding hydrogens is 368 g/mol. The summed E-state index contributed by atoms with van der Waals surface area (Å²) in [7, 11) is -7.71. The Morgan fingerprint density at radius 3 is 1.33 bits per heavy atom. The standard InChI is InChI=1S/C6H6F9O3P.2Na/c1-2(7)3(8,9)4(10,11)5(12,13)6(14,15)19(16,17)18;;/h2H,1H3,(H2,16,17,18);;/q;2*+1/p-2. The first-order valence-electron chi connectivity index (χ1n) is 4.12. The third-order valence-corrected chi connectivity index (χ3v) is 3.00. The zero-order chi connectivity index (χ0) is 16.1. The summed E-state index contributed by atoms with van der Waals surface area (Å²) < 4.78 is 122. The molecule has 0 spiro atoms. The van der Waals surface area contributed by atoms with E-state index in [1.165, 1.54) is 0 Å². The maximum Gasteiger partial charge on any atom is 1.00 e. The van der Waals surface area contributed by atoms with Crippen LogP contribution in [0.3, 0.4) is 0 Å². The van der Waals surface area contributed by atoms with Gasteiger partial charge in [-0.15, -0.1) is 0 Å². The molecule has 1 unspecified atom stereocenters. The average Bonchev–Trinajstić information content (AvgIpc) is 2.14. The van der Waals surface area contributed by atoms with Crippen molar-refractivity contribution < 1.29 is 113 Å². The van der Waals surface area contributed by atoms with Crippen LogP contribution in [-0.4, -0.2) is 29.6 Å². The summed E-state index contributed by atoms with van der Waals surface area (Å²) in [6.07, 6.45) is -4.01. The van der Waals surface area contributed by atoms with Crippen molar-refractivity contribution in [2.75, 3.05) is 0 Å². The number of hydrogen-bond donors (Lipinski definition) is 0. The number of rotatable bonds is 5. The van der Waals surface area contributed by atoms with Crippen molar-refractivity contribution >= 4 is 7.60 Å². The van der Waals surface area contributed by atoms with Crippen LogP contribution in [-0.2, 0) is 4.57 Å². The van der Waals surface area contributed by atoms with Gasteiger partial charge in [0, 0.05) is 7.60 Å². The van der Waals surface area contributed by atoms with Crippen molar-refractivity contribution in [3.63, 3.8) is 0 Å². The van der Waals surface area contributed by atoms with Gasteiger partial charge in [0.2, 0.25) is 0 Å². The zero-order valence-corrected chi connectivity index (χ0v) is 15.5. The Morgan fingerprint density at radius 2 is 1.14 bits per heavy atom. The van der Waals surface area contributed by atoms with E-state index >= 15 is 0 Å². The molecule has 3 nitrogen and oxygen atoms in total. The number of alkyl halides is 9. The molecule has 0 heterocycles. The third-order valence-electron chi connectivity index (χ3n) is 2.03. The molecule has 21 heavy (non-hydrogen) atoms. The second-order valence-electron chi connectivity index (χ2n) is 3.43. The van der Waals surface area contributed by atoms with Gasteiger partial charge in [-0.1, -0.05) is 0 Å². The van der Waals surface area contributed by atoms with Gasteiger partial charge >= 0.3 is 82.5 Å². The van der Waals surface area contributed by atoms with E-state index in [4.69, 9.17) is 0 Å². The second kappa shape index (κ2) is 7.60. The molecule has 0 saturated carbocycles. The van der Waals surface area contributed by atoms with Crippen LogP contribution < -0.4 is 68.9 Å². The Morgan fingerprint density at radius 1 is 0.857 bits per heavy atom. The second-order valence-corrected chi connectivity index (χ2v) is 4.98. The summed E-state index contributed by atoms with van der Waals surface area (Å²) in [6.45, 7) is -0.337. The van der Waals surface area contributed by atoms with Gasteiger partial charge in [0.15, 0.2) is 6.17 Å². The van der Waals surface area contributed by atoms with Gasteiger partial charge in [-0.05, 0) is 6.92 Å². The molecule has 0 aromatic carbocycles. The predicted molar refractivity (Wildman–Crippen MR) is 38.0 cm³/mol. The van der Waals surface area contributed by atoms with Crippen LogP contribution in [0.5, 0.6) is 0 Å². The minimum absolute atomic E-state index is 0.